The Morgan fingerprint density at radius 2 is 1.82 bits per heavy atom. The van der Waals surface area contributed by atoms with Gasteiger partial charge in [0.25, 0.3) is 5.91 Å². The van der Waals surface area contributed by atoms with Crippen molar-refractivity contribution in [2.24, 2.45) is 0 Å². The highest BCUT2D eigenvalue weighted by atomic mass is 32.2. The minimum Gasteiger partial charge on any atom is -0.462 e. The highest BCUT2D eigenvalue weighted by Gasteiger charge is 2.20. The number of benzene rings is 2. The van der Waals surface area contributed by atoms with Crippen LogP contribution < -0.4 is 4.74 Å². The number of ether oxygens (including phenoxy) is 2. The molecule has 0 spiro atoms. The van der Waals surface area contributed by atoms with E-state index in [-0.39, 0.29) is 18.3 Å². The molecule has 0 aliphatic rings. The van der Waals surface area contributed by atoms with Gasteiger partial charge in [0, 0.05) is 25.1 Å². The van der Waals surface area contributed by atoms with Crippen LogP contribution in [0.2, 0.25) is 0 Å². The SMILES string of the molecule is CCOC(=O)c1cc(Oc2ccc(SC)cc2)c2cc(C(=O)N(C)C)oc2c1. The van der Waals surface area contributed by atoms with Crippen LogP contribution >= 0.6 is 11.8 Å². The molecule has 0 atom stereocenters. The number of hydrogen-bond acceptors (Lipinski definition) is 6. The van der Waals surface area contributed by atoms with Gasteiger partial charge in [-0.3, -0.25) is 4.79 Å². The molecule has 0 bridgehead atoms. The maximum Gasteiger partial charge on any atom is 0.338 e. The molecule has 0 saturated heterocycles. The van der Waals surface area contributed by atoms with Gasteiger partial charge in [0.15, 0.2) is 5.76 Å². The second-order valence-electron chi connectivity index (χ2n) is 6.19. The molecule has 28 heavy (non-hydrogen) atoms. The molecule has 7 heteroatoms. The average Bonchev–Trinajstić information content (AvgIpc) is 3.12. The van der Waals surface area contributed by atoms with Crippen LogP contribution in [0.1, 0.15) is 27.8 Å². The minimum atomic E-state index is -0.483. The Labute approximate surface area is 167 Å². The molecule has 3 aromatic rings. The first-order valence-corrected chi connectivity index (χ1v) is 9.93. The highest BCUT2D eigenvalue weighted by Crippen LogP contribution is 2.35. The van der Waals surface area contributed by atoms with Gasteiger partial charge in [-0.25, -0.2) is 4.79 Å². The first-order valence-electron chi connectivity index (χ1n) is 8.71. The van der Waals surface area contributed by atoms with Crippen molar-refractivity contribution in [3.05, 3.63) is 53.8 Å². The normalized spacial score (nSPS) is 10.7. The fourth-order valence-electron chi connectivity index (χ4n) is 2.62. The summed E-state index contributed by atoms with van der Waals surface area (Å²) >= 11 is 1.63. The predicted octanol–water partition coefficient (Wildman–Crippen LogP) is 4.83. The van der Waals surface area contributed by atoms with E-state index in [1.807, 2.05) is 30.5 Å². The van der Waals surface area contributed by atoms with Crippen molar-refractivity contribution in [2.45, 2.75) is 11.8 Å². The second-order valence-corrected chi connectivity index (χ2v) is 7.07. The van der Waals surface area contributed by atoms with Crippen LogP contribution in [0.15, 0.2) is 51.8 Å². The van der Waals surface area contributed by atoms with E-state index in [4.69, 9.17) is 13.9 Å². The quantitative estimate of drug-likeness (QED) is 0.437. The summed E-state index contributed by atoms with van der Waals surface area (Å²) in [5.41, 5.74) is 0.676. The van der Waals surface area contributed by atoms with Gasteiger partial charge in [-0.05, 0) is 49.6 Å². The van der Waals surface area contributed by atoms with Gasteiger partial charge >= 0.3 is 5.97 Å². The smallest absolute Gasteiger partial charge is 0.338 e. The molecule has 0 radical (unpaired) electrons. The maximum absolute atomic E-state index is 12.3. The van der Waals surface area contributed by atoms with Crippen LogP contribution in [0.3, 0.4) is 0 Å². The van der Waals surface area contributed by atoms with E-state index >= 15 is 0 Å². The topological polar surface area (TPSA) is 69.0 Å². The molecule has 6 nitrogen and oxygen atoms in total. The van der Waals surface area contributed by atoms with Gasteiger partial charge in [-0.1, -0.05) is 0 Å². The summed E-state index contributed by atoms with van der Waals surface area (Å²) in [4.78, 5) is 27.0. The minimum absolute atomic E-state index is 0.170. The lowest BCUT2D eigenvalue weighted by molar-refractivity contribution is 0.0526. The number of rotatable bonds is 6. The summed E-state index contributed by atoms with van der Waals surface area (Å²) in [7, 11) is 3.29. The Bertz CT molecular complexity index is 1010. The molecular formula is C21H21NO5S. The molecular weight excluding hydrogens is 378 g/mol. The molecule has 1 aromatic heterocycles. The first-order chi connectivity index (χ1) is 13.4. The largest absolute Gasteiger partial charge is 0.462 e. The van der Waals surface area contributed by atoms with Crippen molar-refractivity contribution in [3.8, 4) is 11.5 Å². The van der Waals surface area contributed by atoms with E-state index in [1.165, 1.54) is 4.90 Å². The molecule has 0 N–H and O–H groups in total. The molecule has 1 heterocycles. The summed E-state index contributed by atoms with van der Waals surface area (Å²) in [6.07, 6.45) is 2.00. The molecule has 0 unspecified atom stereocenters. The zero-order chi connectivity index (χ0) is 20.3. The Morgan fingerprint density at radius 3 is 2.43 bits per heavy atom. The molecule has 146 valence electrons. The third-order valence-corrected chi connectivity index (χ3v) is 4.76. The van der Waals surface area contributed by atoms with Gasteiger partial charge in [0.2, 0.25) is 0 Å². The van der Waals surface area contributed by atoms with E-state index in [0.717, 1.165) is 4.90 Å². The zero-order valence-corrected chi connectivity index (χ0v) is 17.0. The van der Waals surface area contributed by atoms with Crippen molar-refractivity contribution in [3.63, 3.8) is 0 Å². The number of hydrogen-bond donors (Lipinski definition) is 0. The summed E-state index contributed by atoms with van der Waals surface area (Å²) in [5, 5.41) is 0.604. The number of furan rings is 1. The van der Waals surface area contributed by atoms with Gasteiger partial charge in [0.1, 0.15) is 17.1 Å². The van der Waals surface area contributed by atoms with Crippen LogP contribution in [-0.4, -0.2) is 43.7 Å². The van der Waals surface area contributed by atoms with E-state index in [2.05, 4.69) is 0 Å². The number of esters is 1. The Morgan fingerprint density at radius 1 is 1.11 bits per heavy atom. The number of amides is 1. The lowest BCUT2D eigenvalue weighted by Crippen LogP contribution is -2.20. The van der Waals surface area contributed by atoms with Crippen LogP contribution in [0.25, 0.3) is 11.0 Å². The molecule has 3 rings (SSSR count). The van der Waals surface area contributed by atoms with Crippen LogP contribution in [0.5, 0.6) is 11.5 Å². The predicted molar refractivity (Wildman–Crippen MR) is 108 cm³/mol. The van der Waals surface area contributed by atoms with Crippen LogP contribution in [0, 0.1) is 0 Å². The lowest BCUT2D eigenvalue weighted by atomic mass is 10.1. The third-order valence-electron chi connectivity index (χ3n) is 4.01. The van der Waals surface area contributed by atoms with Crippen LogP contribution in [-0.2, 0) is 4.74 Å². The van der Waals surface area contributed by atoms with Gasteiger partial charge < -0.3 is 18.8 Å². The molecule has 1 amide bonds. The van der Waals surface area contributed by atoms with Gasteiger partial charge in [0.05, 0.1) is 17.6 Å². The molecule has 0 aliphatic heterocycles. The van der Waals surface area contributed by atoms with Crippen molar-refractivity contribution < 1.29 is 23.5 Å². The Balaban J connectivity index is 2.07. The Kier molecular flexibility index (Phi) is 5.94. The van der Waals surface area contributed by atoms with Crippen molar-refractivity contribution in [1.82, 2.24) is 4.90 Å². The fourth-order valence-corrected chi connectivity index (χ4v) is 3.03. The maximum atomic E-state index is 12.3. The zero-order valence-electron chi connectivity index (χ0n) is 16.1. The first kappa shape index (κ1) is 19.8. The number of thioether (sulfide) groups is 1. The van der Waals surface area contributed by atoms with Gasteiger partial charge in [-0.15, -0.1) is 11.8 Å². The van der Waals surface area contributed by atoms with E-state index < -0.39 is 5.97 Å². The summed E-state index contributed by atoms with van der Waals surface area (Å²) in [5.74, 6) is 0.442. The Hall–Kier alpha value is -2.93. The highest BCUT2D eigenvalue weighted by molar-refractivity contribution is 7.98. The van der Waals surface area contributed by atoms with E-state index in [0.29, 0.717) is 28.0 Å². The number of carbonyl (C=O) groups is 2. The number of nitrogens with zero attached hydrogens (tertiary/aromatic N) is 1. The summed E-state index contributed by atoms with van der Waals surface area (Å²) in [6, 6.07) is 12.4. The summed E-state index contributed by atoms with van der Waals surface area (Å²) < 4.78 is 16.8. The fraction of sp³-hybridized carbons (Fsp3) is 0.238. The second kappa shape index (κ2) is 8.39. The molecule has 0 fully saturated rings. The molecule has 0 saturated carbocycles. The van der Waals surface area contributed by atoms with E-state index in [1.54, 1.807) is 51.0 Å². The van der Waals surface area contributed by atoms with Crippen molar-refractivity contribution in [1.29, 1.82) is 0 Å². The molecule has 2 aromatic carbocycles. The van der Waals surface area contributed by atoms with Crippen molar-refractivity contribution in [2.75, 3.05) is 27.0 Å². The number of carbonyl (C=O) groups excluding carboxylic acids is 2. The van der Waals surface area contributed by atoms with Crippen LogP contribution in [0.4, 0.5) is 0 Å². The van der Waals surface area contributed by atoms with Gasteiger partial charge in [-0.2, -0.15) is 0 Å². The van der Waals surface area contributed by atoms with E-state index in [9.17, 15) is 9.59 Å². The summed E-state index contributed by atoms with van der Waals surface area (Å²) in [6.45, 7) is 1.99. The number of fused-ring (bicyclic) bond motifs is 1. The lowest BCUT2D eigenvalue weighted by Gasteiger charge is -2.09. The third kappa shape index (κ3) is 4.14. The monoisotopic (exact) mass is 399 g/mol. The van der Waals surface area contributed by atoms with Crippen molar-refractivity contribution >= 4 is 34.6 Å². The molecule has 0 aliphatic carbocycles. The standard InChI is InChI=1S/C21H21NO5S/c1-5-25-21(24)13-10-17(26-14-6-8-15(28-4)9-7-14)16-12-19(20(23)22(2)3)27-18(16)11-13/h6-12H,5H2,1-4H3. The average molecular weight is 399 g/mol.